The number of imidazole rings is 1. The SMILES string of the molecule is CSc1cccc(NC(=O)Cn2c(Cc3ccccc3)nc3ccccc32)c1. The number of fused-ring (bicyclic) bond motifs is 1. The maximum atomic E-state index is 12.8. The van der Waals surface area contributed by atoms with Gasteiger partial charge in [-0.05, 0) is 42.2 Å². The summed E-state index contributed by atoms with van der Waals surface area (Å²) in [5.74, 6) is 0.830. The molecule has 0 atom stereocenters. The third-order valence-electron chi connectivity index (χ3n) is 4.59. The summed E-state index contributed by atoms with van der Waals surface area (Å²) in [7, 11) is 0. The number of hydrogen-bond acceptors (Lipinski definition) is 3. The van der Waals surface area contributed by atoms with Crippen molar-refractivity contribution in [1.82, 2.24) is 9.55 Å². The lowest BCUT2D eigenvalue weighted by Crippen LogP contribution is -2.20. The molecule has 0 aliphatic carbocycles. The molecule has 0 unspecified atom stereocenters. The molecule has 0 radical (unpaired) electrons. The van der Waals surface area contributed by atoms with Crippen LogP contribution in [-0.2, 0) is 17.8 Å². The number of carbonyl (C=O) groups excluding carboxylic acids is 1. The Bertz CT molecular complexity index is 1110. The Hall–Kier alpha value is -3.05. The third-order valence-corrected chi connectivity index (χ3v) is 5.32. The highest BCUT2D eigenvalue weighted by Crippen LogP contribution is 2.21. The van der Waals surface area contributed by atoms with Crippen molar-refractivity contribution in [2.24, 2.45) is 0 Å². The maximum Gasteiger partial charge on any atom is 0.244 e. The van der Waals surface area contributed by atoms with Crippen molar-refractivity contribution < 1.29 is 4.79 Å². The Balaban J connectivity index is 1.61. The van der Waals surface area contributed by atoms with E-state index in [1.807, 2.05) is 77.6 Å². The molecule has 4 nitrogen and oxygen atoms in total. The summed E-state index contributed by atoms with van der Waals surface area (Å²) in [4.78, 5) is 18.7. The van der Waals surface area contributed by atoms with Gasteiger partial charge < -0.3 is 9.88 Å². The Kier molecular flexibility index (Phi) is 5.44. The summed E-state index contributed by atoms with van der Waals surface area (Å²) in [6.45, 7) is 0.228. The molecule has 1 N–H and O–H groups in total. The van der Waals surface area contributed by atoms with Gasteiger partial charge in [0.2, 0.25) is 5.91 Å². The van der Waals surface area contributed by atoms with E-state index in [1.54, 1.807) is 11.8 Å². The molecule has 1 aromatic heterocycles. The minimum atomic E-state index is -0.0595. The van der Waals surface area contributed by atoms with Crippen LogP contribution in [0, 0.1) is 0 Å². The Morgan fingerprint density at radius 3 is 2.61 bits per heavy atom. The molecule has 0 aliphatic heterocycles. The minimum absolute atomic E-state index is 0.0595. The fourth-order valence-corrected chi connectivity index (χ4v) is 3.72. The fourth-order valence-electron chi connectivity index (χ4n) is 3.26. The molecule has 4 aromatic rings. The van der Waals surface area contributed by atoms with E-state index in [9.17, 15) is 4.79 Å². The van der Waals surface area contributed by atoms with Gasteiger partial charge in [0.1, 0.15) is 12.4 Å². The predicted octanol–water partition coefficient (Wildman–Crippen LogP) is 4.99. The first-order valence-electron chi connectivity index (χ1n) is 9.15. The van der Waals surface area contributed by atoms with Gasteiger partial charge in [0.05, 0.1) is 11.0 Å². The van der Waals surface area contributed by atoms with Crippen LogP contribution in [0.4, 0.5) is 5.69 Å². The molecule has 1 amide bonds. The van der Waals surface area contributed by atoms with E-state index in [-0.39, 0.29) is 12.5 Å². The topological polar surface area (TPSA) is 46.9 Å². The van der Waals surface area contributed by atoms with E-state index in [2.05, 4.69) is 17.4 Å². The molecule has 0 bridgehead atoms. The van der Waals surface area contributed by atoms with Crippen LogP contribution in [0.3, 0.4) is 0 Å². The molecule has 0 spiro atoms. The monoisotopic (exact) mass is 387 g/mol. The van der Waals surface area contributed by atoms with Gasteiger partial charge in [0.15, 0.2) is 0 Å². The zero-order valence-corrected chi connectivity index (χ0v) is 16.4. The molecule has 0 aliphatic rings. The van der Waals surface area contributed by atoms with Crippen molar-refractivity contribution in [3.8, 4) is 0 Å². The highest BCUT2D eigenvalue weighted by Gasteiger charge is 2.14. The summed E-state index contributed by atoms with van der Waals surface area (Å²) >= 11 is 1.65. The van der Waals surface area contributed by atoms with Crippen LogP contribution in [0.2, 0.25) is 0 Å². The summed E-state index contributed by atoms with van der Waals surface area (Å²) in [6, 6.07) is 26.0. The first-order chi connectivity index (χ1) is 13.7. The second-order valence-electron chi connectivity index (χ2n) is 6.55. The first kappa shape index (κ1) is 18.3. The van der Waals surface area contributed by atoms with Crippen molar-refractivity contribution >= 4 is 34.4 Å². The molecule has 3 aromatic carbocycles. The molecular weight excluding hydrogens is 366 g/mol. The van der Waals surface area contributed by atoms with Gasteiger partial charge in [-0.25, -0.2) is 4.98 Å². The average Bonchev–Trinajstić information content (AvgIpc) is 3.06. The van der Waals surface area contributed by atoms with Gasteiger partial charge in [0.25, 0.3) is 0 Å². The van der Waals surface area contributed by atoms with E-state index in [1.165, 1.54) is 5.56 Å². The van der Waals surface area contributed by atoms with Crippen LogP contribution >= 0.6 is 11.8 Å². The number of nitrogens with one attached hydrogen (secondary N) is 1. The highest BCUT2D eigenvalue weighted by atomic mass is 32.2. The number of anilines is 1. The van der Waals surface area contributed by atoms with Crippen LogP contribution in [0.5, 0.6) is 0 Å². The average molecular weight is 388 g/mol. The smallest absolute Gasteiger partial charge is 0.244 e. The van der Waals surface area contributed by atoms with Crippen LogP contribution in [-0.4, -0.2) is 21.7 Å². The largest absolute Gasteiger partial charge is 0.324 e. The summed E-state index contributed by atoms with van der Waals surface area (Å²) in [5.41, 5.74) is 3.87. The van der Waals surface area contributed by atoms with Gasteiger partial charge in [-0.2, -0.15) is 0 Å². The molecule has 4 rings (SSSR count). The Labute approximate surface area is 168 Å². The number of hydrogen-bond donors (Lipinski definition) is 1. The lowest BCUT2D eigenvalue weighted by atomic mass is 10.1. The number of benzene rings is 3. The Morgan fingerprint density at radius 2 is 1.79 bits per heavy atom. The molecule has 28 heavy (non-hydrogen) atoms. The maximum absolute atomic E-state index is 12.8. The summed E-state index contributed by atoms with van der Waals surface area (Å²) in [5, 5.41) is 3.01. The normalized spacial score (nSPS) is 10.9. The first-order valence-corrected chi connectivity index (χ1v) is 10.4. The van der Waals surface area contributed by atoms with E-state index in [4.69, 9.17) is 4.98 Å². The lowest BCUT2D eigenvalue weighted by Gasteiger charge is -2.11. The van der Waals surface area contributed by atoms with Crippen LogP contribution in [0.25, 0.3) is 11.0 Å². The summed E-state index contributed by atoms with van der Waals surface area (Å²) < 4.78 is 2.01. The van der Waals surface area contributed by atoms with Crippen LogP contribution < -0.4 is 5.32 Å². The molecule has 140 valence electrons. The van der Waals surface area contributed by atoms with Crippen LogP contribution in [0.15, 0.2) is 83.8 Å². The second kappa shape index (κ2) is 8.31. The van der Waals surface area contributed by atoms with Gasteiger partial charge in [-0.15, -0.1) is 11.8 Å². The molecular formula is C23H21N3OS. The molecule has 0 saturated heterocycles. The van der Waals surface area contributed by atoms with Gasteiger partial charge in [0, 0.05) is 17.0 Å². The van der Waals surface area contributed by atoms with Gasteiger partial charge >= 0.3 is 0 Å². The fraction of sp³-hybridized carbons (Fsp3) is 0.130. The van der Waals surface area contributed by atoms with E-state index >= 15 is 0 Å². The predicted molar refractivity (Wildman–Crippen MR) is 116 cm³/mol. The van der Waals surface area contributed by atoms with Crippen molar-refractivity contribution in [2.45, 2.75) is 17.9 Å². The van der Waals surface area contributed by atoms with Crippen molar-refractivity contribution in [3.05, 3.63) is 90.3 Å². The van der Waals surface area contributed by atoms with Crippen molar-refractivity contribution in [1.29, 1.82) is 0 Å². The van der Waals surface area contributed by atoms with Crippen LogP contribution in [0.1, 0.15) is 11.4 Å². The molecule has 0 saturated carbocycles. The quantitative estimate of drug-likeness (QED) is 0.474. The highest BCUT2D eigenvalue weighted by molar-refractivity contribution is 7.98. The number of rotatable bonds is 6. The molecule has 0 fully saturated rings. The number of amides is 1. The molecule has 5 heteroatoms. The summed E-state index contributed by atoms with van der Waals surface area (Å²) in [6.07, 6.45) is 2.71. The van der Waals surface area contributed by atoms with E-state index < -0.39 is 0 Å². The number of aromatic nitrogens is 2. The Morgan fingerprint density at radius 1 is 1.00 bits per heavy atom. The lowest BCUT2D eigenvalue weighted by molar-refractivity contribution is -0.116. The van der Waals surface area contributed by atoms with E-state index in [0.717, 1.165) is 27.4 Å². The van der Waals surface area contributed by atoms with Crippen molar-refractivity contribution in [2.75, 3.05) is 11.6 Å². The zero-order valence-electron chi connectivity index (χ0n) is 15.6. The minimum Gasteiger partial charge on any atom is -0.324 e. The van der Waals surface area contributed by atoms with Gasteiger partial charge in [-0.3, -0.25) is 4.79 Å². The van der Waals surface area contributed by atoms with Crippen molar-refractivity contribution in [3.63, 3.8) is 0 Å². The number of carbonyl (C=O) groups is 1. The second-order valence-corrected chi connectivity index (χ2v) is 7.43. The number of thioether (sulfide) groups is 1. The van der Waals surface area contributed by atoms with E-state index in [0.29, 0.717) is 6.42 Å². The van der Waals surface area contributed by atoms with Gasteiger partial charge in [-0.1, -0.05) is 48.5 Å². The number of nitrogens with zero attached hydrogens (tertiary/aromatic N) is 2. The molecule has 1 heterocycles. The standard InChI is InChI=1S/C23H21N3OS/c1-28-19-11-7-10-18(15-19)24-23(27)16-26-21-13-6-5-12-20(21)25-22(26)14-17-8-3-2-4-9-17/h2-13,15H,14,16H2,1H3,(H,24,27). The zero-order chi connectivity index (χ0) is 19.3. The third kappa shape index (κ3) is 4.10. The number of para-hydroxylation sites is 2.